The minimum atomic E-state index is -0.885. The van der Waals surface area contributed by atoms with Gasteiger partial charge in [0.25, 0.3) is 0 Å². The normalized spacial score (nSPS) is 15.4. The molecule has 1 heterocycles. The van der Waals surface area contributed by atoms with Gasteiger partial charge in [-0.1, -0.05) is 12.1 Å². The third kappa shape index (κ3) is 1.83. The molecule has 1 amide bonds. The van der Waals surface area contributed by atoms with E-state index >= 15 is 0 Å². The molecule has 1 aliphatic heterocycles. The van der Waals surface area contributed by atoms with Crippen LogP contribution >= 0.6 is 0 Å². The summed E-state index contributed by atoms with van der Waals surface area (Å²) in [5, 5.41) is 18.9. The first-order valence-electron chi connectivity index (χ1n) is 5.38. The average molecular weight is 221 g/mol. The topological polar surface area (TPSA) is 60.8 Å². The fraction of sp³-hybridized carbons (Fsp3) is 0.417. The van der Waals surface area contributed by atoms with Gasteiger partial charge in [0, 0.05) is 13.1 Å². The highest BCUT2D eigenvalue weighted by Gasteiger charge is 2.19. The number of carboxylic acid groups (broad SMARTS) is 1. The van der Waals surface area contributed by atoms with Gasteiger partial charge in [-0.15, -0.1) is 0 Å². The first-order chi connectivity index (χ1) is 7.59. The highest BCUT2D eigenvalue weighted by Crippen LogP contribution is 2.28. The van der Waals surface area contributed by atoms with Crippen LogP contribution in [-0.4, -0.2) is 34.3 Å². The van der Waals surface area contributed by atoms with E-state index in [-0.39, 0.29) is 0 Å². The van der Waals surface area contributed by atoms with E-state index in [1.54, 1.807) is 0 Å². The number of amides is 1. The number of hydrogen-bond acceptors (Lipinski definition) is 2. The molecule has 1 aromatic rings. The van der Waals surface area contributed by atoms with E-state index in [1.165, 1.54) is 4.90 Å². The highest BCUT2D eigenvalue weighted by molar-refractivity contribution is 5.65. The average Bonchev–Trinajstić information content (AvgIpc) is 2.46. The van der Waals surface area contributed by atoms with E-state index in [0.29, 0.717) is 31.7 Å². The Hall–Kier alpha value is -1.71. The van der Waals surface area contributed by atoms with Crippen LogP contribution < -0.4 is 0 Å². The molecular formula is C12H15NO3. The molecule has 0 fully saturated rings. The molecule has 0 saturated heterocycles. The van der Waals surface area contributed by atoms with Crippen LogP contribution in [0.5, 0.6) is 5.75 Å². The summed E-state index contributed by atoms with van der Waals surface area (Å²) in [4.78, 5) is 12.3. The quantitative estimate of drug-likeness (QED) is 0.702. The van der Waals surface area contributed by atoms with Gasteiger partial charge in [0.15, 0.2) is 0 Å². The second-order valence-electron chi connectivity index (χ2n) is 4.14. The molecule has 2 rings (SSSR count). The van der Waals surface area contributed by atoms with Crippen molar-refractivity contribution in [1.82, 2.24) is 4.90 Å². The molecule has 0 aliphatic carbocycles. The molecular weight excluding hydrogens is 206 g/mol. The van der Waals surface area contributed by atoms with Gasteiger partial charge >= 0.3 is 6.09 Å². The first kappa shape index (κ1) is 10.8. The zero-order valence-corrected chi connectivity index (χ0v) is 9.23. The second-order valence-corrected chi connectivity index (χ2v) is 4.14. The maximum Gasteiger partial charge on any atom is 0.407 e. The molecule has 86 valence electrons. The van der Waals surface area contributed by atoms with Gasteiger partial charge < -0.3 is 15.1 Å². The van der Waals surface area contributed by atoms with Crippen LogP contribution in [0, 0.1) is 6.92 Å². The molecule has 0 unspecified atom stereocenters. The van der Waals surface area contributed by atoms with Crippen molar-refractivity contribution >= 4 is 6.09 Å². The Bertz CT molecular complexity index is 429. The molecule has 0 radical (unpaired) electrons. The van der Waals surface area contributed by atoms with Crippen LogP contribution in [0.2, 0.25) is 0 Å². The van der Waals surface area contributed by atoms with Crippen LogP contribution in [0.15, 0.2) is 12.1 Å². The lowest BCUT2D eigenvalue weighted by molar-refractivity contribution is 0.147. The fourth-order valence-electron chi connectivity index (χ4n) is 2.11. The van der Waals surface area contributed by atoms with Crippen molar-refractivity contribution in [3.05, 3.63) is 28.8 Å². The van der Waals surface area contributed by atoms with Crippen molar-refractivity contribution in [3.63, 3.8) is 0 Å². The summed E-state index contributed by atoms with van der Waals surface area (Å²) in [6, 6.07) is 3.86. The standard InChI is InChI=1S/C12H15NO3/c1-8-2-3-9-4-6-13(12(15)16)7-5-10(9)11(8)14/h2-3,14H,4-7H2,1H3,(H,15,16). The number of rotatable bonds is 0. The van der Waals surface area contributed by atoms with Crippen molar-refractivity contribution in [2.75, 3.05) is 13.1 Å². The summed E-state index contributed by atoms with van der Waals surface area (Å²) in [5.74, 6) is 0.324. The monoisotopic (exact) mass is 221 g/mol. The van der Waals surface area contributed by atoms with Crippen LogP contribution in [0.4, 0.5) is 4.79 Å². The Morgan fingerprint density at radius 1 is 1.31 bits per heavy atom. The Balaban J connectivity index is 2.31. The van der Waals surface area contributed by atoms with Crippen molar-refractivity contribution in [3.8, 4) is 5.75 Å². The number of carbonyl (C=O) groups is 1. The predicted molar refractivity (Wildman–Crippen MR) is 59.8 cm³/mol. The maximum atomic E-state index is 10.9. The molecule has 4 heteroatoms. The Morgan fingerprint density at radius 3 is 2.69 bits per heavy atom. The number of hydrogen-bond donors (Lipinski definition) is 2. The molecule has 4 nitrogen and oxygen atoms in total. The lowest BCUT2D eigenvalue weighted by Crippen LogP contribution is -2.31. The van der Waals surface area contributed by atoms with Crippen LogP contribution in [0.25, 0.3) is 0 Å². The summed E-state index contributed by atoms with van der Waals surface area (Å²) < 4.78 is 0. The Morgan fingerprint density at radius 2 is 2.00 bits per heavy atom. The molecule has 0 spiro atoms. The minimum Gasteiger partial charge on any atom is -0.507 e. The van der Waals surface area contributed by atoms with Gasteiger partial charge in [0.2, 0.25) is 0 Å². The van der Waals surface area contributed by atoms with E-state index in [0.717, 1.165) is 16.7 Å². The van der Waals surface area contributed by atoms with Crippen LogP contribution in [-0.2, 0) is 12.8 Å². The summed E-state index contributed by atoms with van der Waals surface area (Å²) in [5.41, 5.74) is 2.82. The molecule has 0 aromatic heterocycles. The van der Waals surface area contributed by atoms with Crippen LogP contribution in [0.3, 0.4) is 0 Å². The number of aryl methyl sites for hydroxylation is 1. The van der Waals surface area contributed by atoms with Gasteiger partial charge in [-0.25, -0.2) is 4.79 Å². The van der Waals surface area contributed by atoms with E-state index in [1.807, 2.05) is 19.1 Å². The van der Waals surface area contributed by atoms with E-state index in [9.17, 15) is 9.90 Å². The molecule has 0 bridgehead atoms. The van der Waals surface area contributed by atoms with Gasteiger partial charge in [-0.3, -0.25) is 0 Å². The van der Waals surface area contributed by atoms with E-state index < -0.39 is 6.09 Å². The fourth-order valence-corrected chi connectivity index (χ4v) is 2.11. The third-order valence-corrected chi connectivity index (χ3v) is 3.13. The number of benzene rings is 1. The lowest BCUT2D eigenvalue weighted by Gasteiger charge is -2.15. The van der Waals surface area contributed by atoms with Crippen molar-refractivity contribution in [1.29, 1.82) is 0 Å². The Labute approximate surface area is 94.1 Å². The van der Waals surface area contributed by atoms with Crippen molar-refractivity contribution < 1.29 is 15.0 Å². The maximum absolute atomic E-state index is 10.9. The van der Waals surface area contributed by atoms with E-state index in [4.69, 9.17) is 5.11 Å². The summed E-state index contributed by atoms with van der Waals surface area (Å²) >= 11 is 0. The zero-order valence-electron chi connectivity index (χ0n) is 9.23. The summed E-state index contributed by atoms with van der Waals surface area (Å²) in [6.45, 7) is 2.82. The van der Waals surface area contributed by atoms with Crippen molar-refractivity contribution in [2.45, 2.75) is 19.8 Å². The van der Waals surface area contributed by atoms with Gasteiger partial charge in [-0.2, -0.15) is 0 Å². The largest absolute Gasteiger partial charge is 0.507 e. The minimum absolute atomic E-state index is 0.324. The summed E-state index contributed by atoms with van der Waals surface area (Å²) in [7, 11) is 0. The van der Waals surface area contributed by atoms with Crippen LogP contribution in [0.1, 0.15) is 16.7 Å². The lowest BCUT2D eigenvalue weighted by atomic mass is 9.99. The molecule has 0 atom stereocenters. The number of aromatic hydroxyl groups is 1. The van der Waals surface area contributed by atoms with E-state index in [2.05, 4.69) is 0 Å². The third-order valence-electron chi connectivity index (χ3n) is 3.13. The molecule has 1 aromatic carbocycles. The number of phenols is 1. The zero-order chi connectivity index (χ0) is 11.7. The number of phenolic OH excluding ortho intramolecular Hbond substituents is 1. The molecule has 16 heavy (non-hydrogen) atoms. The van der Waals surface area contributed by atoms with Crippen molar-refractivity contribution in [2.24, 2.45) is 0 Å². The van der Waals surface area contributed by atoms with Gasteiger partial charge in [0.05, 0.1) is 0 Å². The second kappa shape index (κ2) is 4.04. The molecule has 1 aliphatic rings. The van der Waals surface area contributed by atoms with Gasteiger partial charge in [0.1, 0.15) is 5.75 Å². The smallest absolute Gasteiger partial charge is 0.407 e. The SMILES string of the molecule is Cc1ccc2c(c1O)CCN(C(=O)O)CC2. The Kier molecular flexibility index (Phi) is 2.73. The predicted octanol–water partition coefficient (Wildman–Crippen LogP) is 1.78. The van der Waals surface area contributed by atoms with Gasteiger partial charge in [-0.05, 0) is 36.5 Å². The first-order valence-corrected chi connectivity index (χ1v) is 5.38. The highest BCUT2D eigenvalue weighted by atomic mass is 16.4. The number of nitrogens with zero attached hydrogens (tertiary/aromatic N) is 1. The molecule has 2 N–H and O–H groups in total. The molecule has 0 saturated carbocycles. The summed E-state index contributed by atoms with van der Waals surface area (Å²) in [6.07, 6.45) is 0.383. The number of fused-ring (bicyclic) bond motifs is 1.